The number of hydrogen-bond donors (Lipinski definition) is 1. The lowest BCUT2D eigenvalue weighted by Gasteiger charge is -2.26. The summed E-state index contributed by atoms with van der Waals surface area (Å²) in [4.78, 5) is 0. The summed E-state index contributed by atoms with van der Waals surface area (Å²) in [7, 11) is 1.64. The number of benzene rings is 1. The van der Waals surface area contributed by atoms with Crippen LogP contribution in [-0.2, 0) is 11.2 Å². The van der Waals surface area contributed by atoms with Crippen LogP contribution in [0.4, 0.5) is 4.39 Å². The van der Waals surface area contributed by atoms with E-state index in [1.807, 2.05) is 13.8 Å². The first-order valence-electron chi connectivity index (χ1n) is 5.68. The normalized spacial score (nSPS) is 15.0. The van der Waals surface area contributed by atoms with Gasteiger partial charge >= 0.3 is 0 Å². The van der Waals surface area contributed by atoms with Crippen molar-refractivity contribution in [3.8, 4) is 0 Å². The Morgan fingerprint density at radius 2 is 2.06 bits per heavy atom. The minimum absolute atomic E-state index is 0.0617. The molecule has 0 aliphatic heterocycles. The number of nitrogens with two attached hydrogens (primary N) is 1. The first kappa shape index (κ1) is 14.6. The highest BCUT2D eigenvalue weighted by Gasteiger charge is 2.22. The lowest BCUT2D eigenvalue weighted by atomic mass is 9.94. The van der Waals surface area contributed by atoms with Crippen LogP contribution < -0.4 is 5.73 Å². The molecule has 0 saturated heterocycles. The molecule has 0 saturated carbocycles. The summed E-state index contributed by atoms with van der Waals surface area (Å²) >= 11 is 3.33. The average Bonchev–Trinajstić information content (AvgIpc) is 2.24. The fraction of sp³-hybridized carbons (Fsp3) is 0.538. The highest BCUT2D eigenvalue weighted by Crippen LogP contribution is 2.19. The lowest BCUT2D eigenvalue weighted by Crippen LogP contribution is -2.41. The largest absolute Gasteiger partial charge is 0.380 e. The molecule has 0 heterocycles. The molecule has 0 fully saturated rings. The van der Waals surface area contributed by atoms with E-state index < -0.39 is 0 Å². The fourth-order valence-electron chi connectivity index (χ4n) is 2.01. The lowest BCUT2D eigenvalue weighted by molar-refractivity contribution is 0.0439. The maximum atomic E-state index is 13.6. The average molecular weight is 304 g/mol. The third-order valence-corrected chi connectivity index (χ3v) is 3.31. The molecular weight excluding hydrogens is 285 g/mol. The second-order valence-corrected chi connectivity index (χ2v) is 5.46. The van der Waals surface area contributed by atoms with Crippen molar-refractivity contribution in [2.75, 3.05) is 7.11 Å². The first-order chi connectivity index (χ1) is 7.95. The summed E-state index contributed by atoms with van der Waals surface area (Å²) in [5.41, 5.74) is 6.69. The molecular formula is C13H19BrFNO. The summed E-state index contributed by atoms with van der Waals surface area (Å²) in [5, 5.41) is 0. The molecule has 96 valence electrons. The van der Waals surface area contributed by atoms with E-state index in [1.165, 1.54) is 6.07 Å². The number of hydrogen-bond acceptors (Lipinski definition) is 2. The molecule has 2 atom stereocenters. The van der Waals surface area contributed by atoms with Crippen LogP contribution >= 0.6 is 15.9 Å². The second kappa shape index (κ2) is 6.47. The third-order valence-electron chi connectivity index (χ3n) is 2.81. The predicted octanol–water partition coefficient (Wildman–Crippen LogP) is 3.13. The van der Waals surface area contributed by atoms with Gasteiger partial charge in [-0.3, -0.25) is 0 Å². The van der Waals surface area contributed by atoms with Crippen LogP contribution in [0.1, 0.15) is 19.4 Å². The quantitative estimate of drug-likeness (QED) is 0.907. The molecule has 2 N–H and O–H groups in total. The Morgan fingerprint density at radius 3 is 2.59 bits per heavy atom. The molecule has 1 rings (SSSR count). The van der Waals surface area contributed by atoms with Gasteiger partial charge in [-0.25, -0.2) is 4.39 Å². The Hall–Kier alpha value is -0.450. The Bertz CT molecular complexity index is 370. The van der Waals surface area contributed by atoms with E-state index in [9.17, 15) is 4.39 Å². The van der Waals surface area contributed by atoms with E-state index in [-0.39, 0.29) is 18.0 Å². The SMILES string of the molecule is COC(C(C)C)C(N)Cc1cc(Br)ccc1F. The van der Waals surface area contributed by atoms with Crippen molar-refractivity contribution in [1.82, 2.24) is 0 Å². The van der Waals surface area contributed by atoms with Gasteiger partial charge < -0.3 is 10.5 Å². The van der Waals surface area contributed by atoms with Crippen LogP contribution in [0.25, 0.3) is 0 Å². The highest BCUT2D eigenvalue weighted by molar-refractivity contribution is 9.10. The summed E-state index contributed by atoms with van der Waals surface area (Å²) in [6, 6.07) is 4.69. The molecule has 2 unspecified atom stereocenters. The van der Waals surface area contributed by atoms with E-state index in [4.69, 9.17) is 10.5 Å². The van der Waals surface area contributed by atoms with Crippen molar-refractivity contribution in [3.05, 3.63) is 34.1 Å². The van der Waals surface area contributed by atoms with Crippen molar-refractivity contribution in [3.63, 3.8) is 0 Å². The van der Waals surface area contributed by atoms with Crippen molar-refractivity contribution in [2.45, 2.75) is 32.4 Å². The molecule has 1 aromatic carbocycles. The van der Waals surface area contributed by atoms with Gasteiger partial charge in [0.15, 0.2) is 0 Å². The molecule has 0 spiro atoms. The van der Waals surface area contributed by atoms with Gasteiger partial charge in [-0.15, -0.1) is 0 Å². The molecule has 0 aliphatic carbocycles. The van der Waals surface area contributed by atoms with Gasteiger partial charge in [0.25, 0.3) is 0 Å². The molecule has 0 amide bonds. The zero-order valence-electron chi connectivity index (χ0n) is 10.4. The van der Waals surface area contributed by atoms with E-state index in [2.05, 4.69) is 15.9 Å². The molecule has 1 aromatic rings. The van der Waals surface area contributed by atoms with Gasteiger partial charge in [-0.2, -0.15) is 0 Å². The van der Waals surface area contributed by atoms with Crippen molar-refractivity contribution in [2.24, 2.45) is 11.7 Å². The van der Waals surface area contributed by atoms with Crippen LogP contribution in [0.3, 0.4) is 0 Å². The maximum absolute atomic E-state index is 13.6. The molecule has 2 nitrogen and oxygen atoms in total. The van der Waals surface area contributed by atoms with Crippen LogP contribution in [0.5, 0.6) is 0 Å². The highest BCUT2D eigenvalue weighted by atomic mass is 79.9. The van der Waals surface area contributed by atoms with E-state index >= 15 is 0 Å². The number of methoxy groups -OCH3 is 1. The number of halogens is 2. The van der Waals surface area contributed by atoms with Crippen molar-refractivity contribution >= 4 is 15.9 Å². The summed E-state index contributed by atoms with van der Waals surface area (Å²) in [5.74, 6) is 0.0903. The van der Waals surface area contributed by atoms with Gasteiger partial charge in [0.1, 0.15) is 5.82 Å². The smallest absolute Gasteiger partial charge is 0.126 e. The zero-order valence-corrected chi connectivity index (χ0v) is 12.0. The topological polar surface area (TPSA) is 35.2 Å². The zero-order chi connectivity index (χ0) is 13.0. The van der Waals surface area contributed by atoms with E-state index in [0.29, 0.717) is 17.9 Å². The van der Waals surface area contributed by atoms with Crippen LogP contribution in [0.2, 0.25) is 0 Å². The minimum atomic E-state index is -0.220. The number of rotatable bonds is 5. The third kappa shape index (κ3) is 4.05. The van der Waals surface area contributed by atoms with Crippen LogP contribution in [0, 0.1) is 11.7 Å². The van der Waals surface area contributed by atoms with Gasteiger partial charge in [0.2, 0.25) is 0 Å². The Kier molecular flexibility index (Phi) is 5.56. The van der Waals surface area contributed by atoms with E-state index in [0.717, 1.165) is 4.47 Å². The summed E-state index contributed by atoms with van der Waals surface area (Å²) in [6.45, 7) is 4.09. The molecule has 0 aliphatic rings. The van der Waals surface area contributed by atoms with Crippen LogP contribution in [-0.4, -0.2) is 19.3 Å². The first-order valence-corrected chi connectivity index (χ1v) is 6.47. The molecule has 0 radical (unpaired) electrons. The number of ether oxygens (including phenoxy) is 1. The fourth-order valence-corrected chi connectivity index (χ4v) is 2.42. The molecule has 0 aromatic heterocycles. The monoisotopic (exact) mass is 303 g/mol. The maximum Gasteiger partial charge on any atom is 0.126 e. The summed E-state index contributed by atoms with van der Waals surface area (Å²) < 4.78 is 19.8. The van der Waals surface area contributed by atoms with Crippen molar-refractivity contribution in [1.29, 1.82) is 0 Å². The molecule has 4 heteroatoms. The van der Waals surface area contributed by atoms with Gasteiger partial charge in [0.05, 0.1) is 6.10 Å². The molecule has 0 bridgehead atoms. The predicted molar refractivity (Wildman–Crippen MR) is 71.4 cm³/mol. The van der Waals surface area contributed by atoms with E-state index in [1.54, 1.807) is 19.2 Å². The van der Waals surface area contributed by atoms with Gasteiger partial charge in [-0.05, 0) is 36.1 Å². The Morgan fingerprint density at radius 1 is 1.41 bits per heavy atom. The Labute approximate surface area is 110 Å². The van der Waals surface area contributed by atoms with Crippen LogP contribution in [0.15, 0.2) is 22.7 Å². The van der Waals surface area contributed by atoms with Gasteiger partial charge in [-0.1, -0.05) is 29.8 Å². The molecule has 17 heavy (non-hydrogen) atoms. The summed E-state index contributed by atoms with van der Waals surface area (Å²) in [6.07, 6.45) is 0.412. The minimum Gasteiger partial charge on any atom is -0.380 e. The van der Waals surface area contributed by atoms with Gasteiger partial charge in [0, 0.05) is 17.6 Å². The standard InChI is InChI=1S/C13H19BrFNO/c1-8(2)13(17-3)12(16)7-9-6-10(14)4-5-11(9)15/h4-6,8,12-13H,7,16H2,1-3H3. The Balaban J connectivity index is 2.79. The van der Waals surface area contributed by atoms with Crippen molar-refractivity contribution < 1.29 is 9.13 Å². The second-order valence-electron chi connectivity index (χ2n) is 4.55.